The number of aryl methyl sites for hydroxylation is 1. The summed E-state index contributed by atoms with van der Waals surface area (Å²) in [5.74, 6) is -0.0677. The third kappa shape index (κ3) is 3.65. The summed E-state index contributed by atoms with van der Waals surface area (Å²) in [4.78, 5) is 11.7. The summed E-state index contributed by atoms with van der Waals surface area (Å²) < 4.78 is 0. The number of amides is 2. The standard InChI is InChI=1S/C12H18N4O2/c1-8-5-4-6-9(7-8)14-11(17)15-12(2,3)10(13)16-18/h4-7,18H,1-3H3,(H2,13,16)(H2,14,15,17). The van der Waals surface area contributed by atoms with Gasteiger partial charge in [0, 0.05) is 5.69 Å². The van der Waals surface area contributed by atoms with Gasteiger partial charge in [0.1, 0.15) is 0 Å². The second kappa shape index (κ2) is 5.39. The van der Waals surface area contributed by atoms with Crippen LogP contribution in [0.25, 0.3) is 0 Å². The Balaban J connectivity index is 2.68. The molecule has 6 heteroatoms. The van der Waals surface area contributed by atoms with Crippen LogP contribution >= 0.6 is 0 Å². The Morgan fingerprint density at radius 3 is 2.67 bits per heavy atom. The lowest BCUT2D eigenvalue weighted by atomic mass is 10.1. The number of nitrogens with two attached hydrogens (primary N) is 1. The molecule has 2 amide bonds. The van der Waals surface area contributed by atoms with E-state index in [1.807, 2.05) is 25.1 Å². The summed E-state index contributed by atoms with van der Waals surface area (Å²) in [5.41, 5.74) is 6.27. The van der Waals surface area contributed by atoms with Gasteiger partial charge in [0.05, 0.1) is 5.54 Å². The Bertz CT molecular complexity index is 469. The summed E-state index contributed by atoms with van der Waals surface area (Å²) in [5, 5.41) is 16.8. The number of benzene rings is 1. The first-order chi connectivity index (χ1) is 8.35. The molecular weight excluding hydrogens is 232 g/mol. The lowest BCUT2D eigenvalue weighted by molar-refractivity contribution is 0.246. The second-order valence-corrected chi connectivity index (χ2v) is 4.56. The second-order valence-electron chi connectivity index (χ2n) is 4.56. The molecule has 0 spiro atoms. The molecule has 0 heterocycles. The van der Waals surface area contributed by atoms with E-state index in [0.717, 1.165) is 5.56 Å². The molecule has 5 N–H and O–H groups in total. The summed E-state index contributed by atoms with van der Waals surface area (Å²) in [6.45, 7) is 5.21. The molecule has 98 valence electrons. The molecular formula is C12H18N4O2. The first-order valence-corrected chi connectivity index (χ1v) is 5.49. The fraction of sp³-hybridized carbons (Fsp3) is 0.333. The van der Waals surface area contributed by atoms with E-state index in [-0.39, 0.29) is 5.84 Å². The monoisotopic (exact) mass is 250 g/mol. The number of amidine groups is 1. The third-order valence-electron chi connectivity index (χ3n) is 2.45. The molecule has 0 aliphatic rings. The van der Waals surface area contributed by atoms with E-state index in [2.05, 4.69) is 15.8 Å². The van der Waals surface area contributed by atoms with Crippen molar-refractivity contribution in [2.24, 2.45) is 10.9 Å². The maximum atomic E-state index is 11.7. The number of anilines is 1. The topological polar surface area (TPSA) is 99.7 Å². The van der Waals surface area contributed by atoms with Gasteiger partial charge in [-0.15, -0.1) is 0 Å². The van der Waals surface area contributed by atoms with Crippen LogP contribution < -0.4 is 16.4 Å². The normalized spacial score (nSPS) is 12.1. The van der Waals surface area contributed by atoms with E-state index in [4.69, 9.17) is 10.9 Å². The smallest absolute Gasteiger partial charge is 0.320 e. The van der Waals surface area contributed by atoms with Crippen LogP contribution in [0.1, 0.15) is 19.4 Å². The lowest BCUT2D eigenvalue weighted by Crippen LogP contribution is -2.54. The van der Waals surface area contributed by atoms with Crippen LogP contribution in [0.3, 0.4) is 0 Å². The Morgan fingerprint density at radius 1 is 1.44 bits per heavy atom. The number of hydrogen-bond donors (Lipinski definition) is 4. The Hall–Kier alpha value is -2.24. The van der Waals surface area contributed by atoms with E-state index < -0.39 is 11.6 Å². The summed E-state index contributed by atoms with van der Waals surface area (Å²) in [6.07, 6.45) is 0. The van der Waals surface area contributed by atoms with Gasteiger partial charge in [0.2, 0.25) is 0 Å². The summed E-state index contributed by atoms with van der Waals surface area (Å²) >= 11 is 0. The number of nitrogens with one attached hydrogen (secondary N) is 2. The van der Waals surface area contributed by atoms with Crippen molar-refractivity contribution in [2.45, 2.75) is 26.3 Å². The number of oxime groups is 1. The first-order valence-electron chi connectivity index (χ1n) is 5.49. The molecule has 1 aromatic rings. The molecule has 0 aromatic heterocycles. The van der Waals surface area contributed by atoms with Crippen molar-refractivity contribution in [3.8, 4) is 0 Å². The molecule has 1 aromatic carbocycles. The Kier molecular flexibility index (Phi) is 4.14. The van der Waals surface area contributed by atoms with Crippen molar-refractivity contribution in [1.29, 1.82) is 0 Å². The molecule has 0 radical (unpaired) electrons. The van der Waals surface area contributed by atoms with Gasteiger partial charge < -0.3 is 21.6 Å². The molecule has 0 bridgehead atoms. The number of carbonyl (C=O) groups is 1. The van der Waals surface area contributed by atoms with Gasteiger partial charge in [-0.1, -0.05) is 17.3 Å². The fourth-order valence-corrected chi connectivity index (χ4v) is 1.36. The highest BCUT2D eigenvalue weighted by Crippen LogP contribution is 2.10. The van der Waals surface area contributed by atoms with Gasteiger partial charge in [-0.2, -0.15) is 0 Å². The highest BCUT2D eigenvalue weighted by molar-refractivity contribution is 5.96. The minimum absolute atomic E-state index is 0.0677. The first kappa shape index (κ1) is 13.8. The average Bonchev–Trinajstić information content (AvgIpc) is 2.26. The van der Waals surface area contributed by atoms with Gasteiger partial charge >= 0.3 is 6.03 Å². The van der Waals surface area contributed by atoms with E-state index >= 15 is 0 Å². The molecule has 6 nitrogen and oxygen atoms in total. The number of carbonyl (C=O) groups excluding carboxylic acids is 1. The zero-order valence-electron chi connectivity index (χ0n) is 10.7. The molecule has 0 fully saturated rings. The van der Waals surface area contributed by atoms with Gasteiger partial charge in [0.25, 0.3) is 0 Å². The maximum Gasteiger partial charge on any atom is 0.320 e. The van der Waals surface area contributed by atoms with Crippen LogP contribution in [0.15, 0.2) is 29.4 Å². The van der Waals surface area contributed by atoms with Gasteiger partial charge in [-0.05, 0) is 38.5 Å². The zero-order chi connectivity index (χ0) is 13.8. The van der Waals surface area contributed by atoms with Crippen LogP contribution in [0.4, 0.5) is 10.5 Å². The van der Waals surface area contributed by atoms with E-state index in [0.29, 0.717) is 5.69 Å². The van der Waals surface area contributed by atoms with Crippen LogP contribution in [0, 0.1) is 6.92 Å². The third-order valence-corrected chi connectivity index (χ3v) is 2.45. The van der Waals surface area contributed by atoms with Crippen LogP contribution in [-0.2, 0) is 0 Å². The van der Waals surface area contributed by atoms with Crippen LogP contribution in [0.5, 0.6) is 0 Å². The molecule has 18 heavy (non-hydrogen) atoms. The molecule has 0 aliphatic carbocycles. The van der Waals surface area contributed by atoms with Gasteiger partial charge in [0.15, 0.2) is 5.84 Å². The predicted molar refractivity (Wildman–Crippen MR) is 70.8 cm³/mol. The summed E-state index contributed by atoms with van der Waals surface area (Å²) in [7, 11) is 0. The van der Waals surface area contributed by atoms with Crippen molar-refractivity contribution in [1.82, 2.24) is 5.32 Å². The minimum atomic E-state index is -0.928. The minimum Gasteiger partial charge on any atom is -0.409 e. The Labute approximate surface area is 106 Å². The summed E-state index contributed by atoms with van der Waals surface area (Å²) in [6, 6.07) is 6.99. The highest BCUT2D eigenvalue weighted by atomic mass is 16.4. The van der Waals surface area contributed by atoms with Crippen molar-refractivity contribution in [3.05, 3.63) is 29.8 Å². The van der Waals surface area contributed by atoms with Crippen LogP contribution in [0.2, 0.25) is 0 Å². The van der Waals surface area contributed by atoms with Crippen molar-refractivity contribution >= 4 is 17.6 Å². The number of hydrogen-bond acceptors (Lipinski definition) is 3. The maximum absolute atomic E-state index is 11.7. The number of rotatable bonds is 3. The lowest BCUT2D eigenvalue weighted by Gasteiger charge is -2.24. The molecule has 0 aliphatic heterocycles. The van der Waals surface area contributed by atoms with Crippen LogP contribution in [-0.4, -0.2) is 22.6 Å². The predicted octanol–water partition coefficient (Wildman–Crippen LogP) is 1.64. The molecule has 0 saturated heterocycles. The number of nitrogens with zero attached hydrogens (tertiary/aromatic N) is 1. The number of urea groups is 1. The average molecular weight is 250 g/mol. The molecule has 1 rings (SSSR count). The van der Waals surface area contributed by atoms with E-state index in [1.54, 1.807) is 19.9 Å². The fourth-order valence-electron chi connectivity index (χ4n) is 1.36. The van der Waals surface area contributed by atoms with Crippen molar-refractivity contribution < 1.29 is 10.0 Å². The largest absolute Gasteiger partial charge is 0.409 e. The molecule has 0 unspecified atom stereocenters. The highest BCUT2D eigenvalue weighted by Gasteiger charge is 2.25. The molecule has 0 atom stereocenters. The van der Waals surface area contributed by atoms with Crippen molar-refractivity contribution in [3.63, 3.8) is 0 Å². The Morgan fingerprint density at radius 2 is 2.11 bits per heavy atom. The quantitative estimate of drug-likeness (QED) is 0.284. The SMILES string of the molecule is Cc1cccc(NC(=O)NC(C)(C)/C(N)=N/O)c1. The van der Waals surface area contributed by atoms with Gasteiger partial charge in [-0.25, -0.2) is 4.79 Å². The van der Waals surface area contributed by atoms with E-state index in [1.165, 1.54) is 0 Å². The van der Waals surface area contributed by atoms with Crippen molar-refractivity contribution in [2.75, 3.05) is 5.32 Å². The van der Waals surface area contributed by atoms with E-state index in [9.17, 15) is 4.79 Å². The molecule has 0 saturated carbocycles. The van der Waals surface area contributed by atoms with Gasteiger partial charge in [-0.3, -0.25) is 0 Å². The zero-order valence-corrected chi connectivity index (χ0v) is 10.7.